The van der Waals surface area contributed by atoms with E-state index in [1.807, 2.05) is 37.3 Å². The molecule has 4 rings (SSSR count). The molecule has 2 aromatic carbocycles. The zero-order valence-electron chi connectivity index (χ0n) is 15.8. The van der Waals surface area contributed by atoms with Gasteiger partial charge in [-0.1, -0.05) is 30.3 Å². The molecule has 0 atom stereocenters. The van der Waals surface area contributed by atoms with E-state index in [9.17, 15) is 9.59 Å². The van der Waals surface area contributed by atoms with Crippen LogP contribution in [-0.2, 0) is 11.3 Å². The minimum Gasteiger partial charge on any atom is -0.494 e. The van der Waals surface area contributed by atoms with Gasteiger partial charge in [0.25, 0.3) is 0 Å². The third-order valence-electron chi connectivity index (χ3n) is 4.25. The second kappa shape index (κ2) is 7.97. The van der Waals surface area contributed by atoms with Gasteiger partial charge in [0.15, 0.2) is 5.65 Å². The molecule has 0 unspecified atom stereocenters. The number of hydrogen-bond donors (Lipinski definition) is 1. The van der Waals surface area contributed by atoms with Crippen molar-refractivity contribution in [2.75, 3.05) is 11.9 Å². The number of nitrogens with one attached hydrogen (secondary N) is 1. The summed E-state index contributed by atoms with van der Waals surface area (Å²) < 4.78 is 7.67. The zero-order chi connectivity index (χ0) is 20.2. The summed E-state index contributed by atoms with van der Waals surface area (Å²) in [4.78, 5) is 25.0. The number of carbonyl (C=O) groups excluding carboxylic acids is 1. The largest absolute Gasteiger partial charge is 0.494 e. The van der Waals surface area contributed by atoms with Crippen molar-refractivity contribution in [3.63, 3.8) is 0 Å². The number of anilines is 1. The number of aromatic nitrogens is 4. The van der Waals surface area contributed by atoms with Crippen LogP contribution in [0, 0.1) is 0 Å². The van der Waals surface area contributed by atoms with Gasteiger partial charge in [-0.3, -0.25) is 4.79 Å². The lowest BCUT2D eigenvalue weighted by molar-refractivity contribution is -0.117. The van der Waals surface area contributed by atoms with E-state index in [0.717, 1.165) is 16.0 Å². The lowest BCUT2D eigenvalue weighted by Gasteiger charge is -2.06. The van der Waals surface area contributed by atoms with Gasteiger partial charge in [0.1, 0.15) is 12.3 Å². The van der Waals surface area contributed by atoms with Crippen molar-refractivity contribution in [3.8, 4) is 17.0 Å². The number of carbonyl (C=O) groups is 1. The molecular formula is C21H19N5O3. The van der Waals surface area contributed by atoms with Crippen molar-refractivity contribution in [2.45, 2.75) is 13.5 Å². The fraction of sp³-hybridized carbons (Fsp3) is 0.143. The Morgan fingerprint density at radius 2 is 1.76 bits per heavy atom. The second-order valence-electron chi connectivity index (χ2n) is 6.30. The molecule has 4 aromatic rings. The highest BCUT2D eigenvalue weighted by Crippen LogP contribution is 2.16. The monoisotopic (exact) mass is 389 g/mol. The highest BCUT2D eigenvalue weighted by atomic mass is 16.5. The molecule has 0 radical (unpaired) electrons. The van der Waals surface area contributed by atoms with Gasteiger partial charge in [-0.25, -0.2) is 9.48 Å². The first-order valence-corrected chi connectivity index (χ1v) is 9.19. The summed E-state index contributed by atoms with van der Waals surface area (Å²) in [6.45, 7) is 2.26. The Hall–Kier alpha value is -3.94. The Bertz CT molecular complexity index is 1200. The van der Waals surface area contributed by atoms with E-state index in [-0.39, 0.29) is 12.5 Å². The van der Waals surface area contributed by atoms with E-state index in [1.54, 1.807) is 36.4 Å². The van der Waals surface area contributed by atoms with E-state index in [2.05, 4.69) is 15.5 Å². The Morgan fingerprint density at radius 1 is 1.00 bits per heavy atom. The van der Waals surface area contributed by atoms with Crippen LogP contribution in [0.15, 0.2) is 71.5 Å². The molecule has 0 bridgehead atoms. The number of benzene rings is 2. The molecule has 0 aliphatic carbocycles. The summed E-state index contributed by atoms with van der Waals surface area (Å²) in [6, 6.07) is 20.1. The smallest absolute Gasteiger partial charge is 0.367 e. The SMILES string of the molecule is CCOc1ccc(NC(=O)Cn2nc3ccc(-c4ccccc4)nn3c2=O)cc1. The fourth-order valence-corrected chi connectivity index (χ4v) is 2.91. The topological polar surface area (TPSA) is 90.5 Å². The van der Waals surface area contributed by atoms with Gasteiger partial charge in [-0.15, -0.1) is 5.10 Å². The van der Waals surface area contributed by atoms with Crippen LogP contribution in [0.3, 0.4) is 0 Å². The molecule has 0 saturated heterocycles. The van der Waals surface area contributed by atoms with Crippen molar-refractivity contribution in [1.29, 1.82) is 0 Å². The molecule has 1 N–H and O–H groups in total. The van der Waals surface area contributed by atoms with Crippen LogP contribution in [0.1, 0.15) is 6.92 Å². The first-order valence-electron chi connectivity index (χ1n) is 9.19. The average Bonchev–Trinajstić information content (AvgIpc) is 3.05. The van der Waals surface area contributed by atoms with E-state index in [4.69, 9.17) is 4.74 Å². The minimum absolute atomic E-state index is 0.212. The zero-order valence-corrected chi connectivity index (χ0v) is 15.8. The van der Waals surface area contributed by atoms with Gasteiger partial charge in [0, 0.05) is 11.3 Å². The quantitative estimate of drug-likeness (QED) is 0.547. The normalized spacial score (nSPS) is 10.8. The van der Waals surface area contributed by atoms with Crippen LogP contribution in [-0.4, -0.2) is 31.9 Å². The Morgan fingerprint density at radius 3 is 2.48 bits per heavy atom. The van der Waals surface area contributed by atoms with Crippen LogP contribution in [0.2, 0.25) is 0 Å². The van der Waals surface area contributed by atoms with Crippen molar-refractivity contribution in [3.05, 3.63) is 77.2 Å². The predicted molar refractivity (Wildman–Crippen MR) is 109 cm³/mol. The summed E-state index contributed by atoms with van der Waals surface area (Å²) >= 11 is 0. The fourth-order valence-electron chi connectivity index (χ4n) is 2.91. The number of fused-ring (bicyclic) bond motifs is 1. The Labute approximate surface area is 166 Å². The van der Waals surface area contributed by atoms with Crippen molar-refractivity contribution < 1.29 is 9.53 Å². The third kappa shape index (κ3) is 4.01. The van der Waals surface area contributed by atoms with Gasteiger partial charge >= 0.3 is 5.69 Å². The molecule has 8 nitrogen and oxygen atoms in total. The highest BCUT2D eigenvalue weighted by Gasteiger charge is 2.13. The molecule has 0 spiro atoms. The van der Waals surface area contributed by atoms with Crippen molar-refractivity contribution >= 4 is 17.2 Å². The maximum atomic E-state index is 12.6. The van der Waals surface area contributed by atoms with E-state index >= 15 is 0 Å². The van der Waals surface area contributed by atoms with Gasteiger partial charge in [-0.05, 0) is 43.3 Å². The standard InChI is InChI=1S/C21H19N5O3/c1-2-29-17-10-8-16(9-11-17)22-20(27)14-25-21(28)26-19(24-25)13-12-18(23-26)15-6-4-3-5-7-15/h3-13H,2,14H2,1H3,(H,22,27). The van der Waals surface area contributed by atoms with Gasteiger partial charge in [-0.2, -0.15) is 9.61 Å². The molecule has 29 heavy (non-hydrogen) atoms. The van der Waals surface area contributed by atoms with Crippen LogP contribution in [0.25, 0.3) is 16.9 Å². The second-order valence-corrected chi connectivity index (χ2v) is 6.30. The summed E-state index contributed by atoms with van der Waals surface area (Å²) in [5.41, 5.74) is 2.06. The van der Waals surface area contributed by atoms with Crippen molar-refractivity contribution in [1.82, 2.24) is 19.4 Å². The summed E-state index contributed by atoms with van der Waals surface area (Å²) in [6.07, 6.45) is 0. The number of nitrogens with zero attached hydrogens (tertiary/aromatic N) is 4. The predicted octanol–water partition coefficient (Wildman–Crippen LogP) is 2.60. The van der Waals surface area contributed by atoms with Gasteiger partial charge in [0.2, 0.25) is 5.91 Å². The number of hydrogen-bond acceptors (Lipinski definition) is 5. The first-order chi connectivity index (χ1) is 14.1. The highest BCUT2D eigenvalue weighted by molar-refractivity contribution is 5.90. The maximum absolute atomic E-state index is 12.6. The molecule has 2 aromatic heterocycles. The average molecular weight is 389 g/mol. The van der Waals surface area contributed by atoms with E-state index in [1.165, 1.54) is 4.52 Å². The summed E-state index contributed by atoms with van der Waals surface area (Å²) in [5.74, 6) is 0.366. The van der Waals surface area contributed by atoms with Crippen LogP contribution < -0.4 is 15.7 Å². The molecule has 146 valence electrons. The molecule has 2 heterocycles. The van der Waals surface area contributed by atoms with Gasteiger partial charge < -0.3 is 10.1 Å². The van der Waals surface area contributed by atoms with E-state index < -0.39 is 5.69 Å². The van der Waals surface area contributed by atoms with Crippen molar-refractivity contribution in [2.24, 2.45) is 0 Å². The van der Waals surface area contributed by atoms with Crippen LogP contribution in [0.4, 0.5) is 5.69 Å². The van der Waals surface area contributed by atoms with Crippen LogP contribution >= 0.6 is 0 Å². The molecule has 8 heteroatoms. The molecule has 1 amide bonds. The Kier molecular flexibility index (Phi) is 5.07. The lowest BCUT2D eigenvalue weighted by atomic mass is 10.1. The van der Waals surface area contributed by atoms with Gasteiger partial charge in [0.05, 0.1) is 12.3 Å². The molecule has 0 saturated carbocycles. The van der Waals surface area contributed by atoms with E-state index in [0.29, 0.717) is 23.6 Å². The number of amides is 1. The molecule has 0 aliphatic rings. The Balaban J connectivity index is 1.52. The molecule has 0 fully saturated rings. The first kappa shape index (κ1) is 18.4. The number of rotatable bonds is 6. The summed E-state index contributed by atoms with van der Waals surface area (Å²) in [5, 5.41) is 11.3. The summed E-state index contributed by atoms with van der Waals surface area (Å²) in [7, 11) is 0. The number of ether oxygens (including phenoxy) is 1. The van der Waals surface area contributed by atoms with Crippen LogP contribution in [0.5, 0.6) is 5.75 Å². The minimum atomic E-state index is -0.473. The molecule has 0 aliphatic heterocycles. The maximum Gasteiger partial charge on any atom is 0.367 e. The lowest BCUT2D eigenvalue weighted by Crippen LogP contribution is -2.28. The molecular weight excluding hydrogens is 370 g/mol. The third-order valence-corrected chi connectivity index (χ3v) is 4.25.